The van der Waals surface area contributed by atoms with Crippen molar-refractivity contribution in [1.29, 1.82) is 0 Å². The maximum absolute atomic E-state index is 5.76. The van der Waals surface area contributed by atoms with E-state index in [1.165, 1.54) is 0 Å². The van der Waals surface area contributed by atoms with E-state index in [0.717, 1.165) is 41.0 Å². The van der Waals surface area contributed by atoms with E-state index in [0.29, 0.717) is 0 Å². The van der Waals surface area contributed by atoms with E-state index in [4.69, 9.17) is 9.15 Å². The van der Waals surface area contributed by atoms with Crippen molar-refractivity contribution < 1.29 is 9.15 Å². The molecule has 0 fully saturated rings. The van der Waals surface area contributed by atoms with Crippen LogP contribution in [0.2, 0.25) is 0 Å². The highest BCUT2D eigenvalue weighted by Crippen LogP contribution is 2.31. The monoisotopic (exact) mass is 277 g/mol. The number of para-hydroxylation sites is 1. The SMILES string of the molecule is CCNCc1ccc(CSc2ccccc2OC)o1. The lowest BCUT2D eigenvalue weighted by Crippen LogP contribution is -2.10. The Bertz CT molecular complexity index is 510. The average Bonchev–Trinajstić information content (AvgIpc) is 2.91. The highest BCUT2D eigenvalue weighted by atomic mass is 32.2. The van der Waals surface area contributed by atoms with Gasteiger partial charge in [0.1, 0.15) is 17.3 Å². The number of benzene rings is 1. The van der Waals surface area contributed by atoms with E-state index >= 15 is 0 Å². The van der Waals surface area contributed by atoms with Gasteiger partial charge >= 0.3 is 0 Å². The number of hydrogen-bond acceptors (Lipinski definition) is 4. The summed E-state index contributed by atoms with van der Waals surface area (Å²) in [5.41, 5.74) is 0. The predicted molar refractivity (Wildman–Crippen MR) is 78.6 cm³/mol. The Labute approximate surface area is 118 Å². The normalized spacial score (nSPS) is 10.6. The minimum Gasteiger partial charge on any atom is -0.496 e. The van der Waals surface area contributed by atoms with Gasteiger partial charge in [0, 0.05) is 4.90 Å². The summed E-state index contributed by atoms with van der Waals surface area (Å²) in [6.45, 7) is 3.82. The molecule has 2 aromatic rings. The van der Waals surface area contributed by atoms with Crippen LogP contribution in [0.5, 0.6) is 5.75 Å². The van der Waals surface area contributed by atoms with Gasteiger partial charge in [-0.15, -0.1) is 11.8 Å². The molecule has 1 aromatic heterocycles. The van der Waals surface area contributed by atoms with Gasteiger partial charge in [-0.1, -0.05) is 19.1 Å². The van der Waals surface area contributed by atoms with Crippen molar-refractivity contribution in [3.63, 3.8) is 0 Å². The van der Waals surface area contributed by atoms with Crippen molar-refractivity contribution in [1.82, 2.24) is 5.32 Å². The molecule has 0 aliphatic carbocycles. The van der Waals surface area contributed by atoms with Crippen LogP contribution in [0.1, 0.15) is 18.4 Å². The average molecular weight is 277 g/mol. The molecular formula is C15H19NO2S. The summed E-state index contributed by atoms with van der Waals surface area (Å²) in [5, 5.41) is 3.25. The molecule has 0 spiro atoms. The van der Waals surface area contributed by atoms with Crippen LogP contribution in [0, 0.1) is 0 Å². The second kappa shape index (κ2) is 7.26. The Hall–Kier alpha value is -1.39. The highest BCUT2D eigenvalue weighted by Gasteiger charge is 2.06. The number of thioether (sulfide) groups is 1. The van der Waals surface area contributed by atoms with E-state index in [-0.39, 0.29) is 0 Å². The van der Waals surface area contributed by atoms with Crippen LogP contribution in [-0.4, -0.2) is 13.7 Å². The first-order chi connectivity index (χ1) is 9.33. The van der Waals surface area contributed by atoms with Crippen LogP contribution in [0.15, 0.2) is 45.7 Å². The Balaban J connectivity index is 1.93. The van der Waals surface area contributed by atoms with Crippen LogP contribution in [-0.2, 0) is 12.3 Å². The molecule has 0 bridgehead atoms. The Morgan fingerprint density at radius 1 is 1.16 bits per heavy atom. The fourth-order valence-corrected chi connectivity index (χ4v) is 2.65. The minimum absolute atomic E-state index is 0.788. The van der Waals surface area contributed by atoms with E-state index in [2.05, 4.69) is 18.3 Å². The van der Waals surface area contributed by atoms with E-state index in [9.17, 15) is 0 Å². The van der Waals surface area contributed by atoms with Crippen LogP contribution in [0.25, 0.3) is 0 Å². The molecule has 0 saturated carbocycles. The number of methoxy groups -OCH3 is 1. The number of ether oxygens (including phenoxy) is 1. The molecule has 1 heterocycles. The molecule has 0 unspecified atom stereocenters. The Morgan fingerprint density at radius 2 is 1.95 bits per heavy atom. The summed E-state index contributed by atoms with van der Waals surface area (Å²) in [6.07, 6.45) is 0. The lowest BCUT2D eigenvalue weighted by Gasteiger charge is -2.06. The number of rotatable bonds is 7. The van der Waals surface area contributed by atoms with Gasteiger partial charge < -0.3 is 14.5 Å². The first-order valence-corrected chi connectivity index (χ1v) is 7.36. The molecule has 3 nitrogen and oxygen atoms in total. The summed E-state index contributed by atoms with van der Waals surface area (Å²) >= 11 is 1.72. The fourth-order valence-electron chi connectivity index (χ4n) is 1.73. The molecule has 1 aromatic carbocycles. The third-order valence-electron chi connectivity index (χ3n) is 2.71. The van der Waals surface area contributed by atoms with E-state index in [1.54, 1.807) is 18.9 Å². The number of nitrogens with one attached hydrogen (secondary N) is 1. The van der Waals surface area contributed by atoms with Gasteiger partial charge in [0.15, 0.2) is 0 Å². The van der Waals surface area contributed by atoms with Crippen molar-refractivity contribution in [3.8, 4) is 5.75 Å². The lowest BCUT2D eigenvalue weighted by atomic mass is 10.3. The molecule has 0 aliphatic heterocycles. The standard InChI is InChI=1S/C15H19NO2S/c1-3-16-10-12-8-9-13(18-12)11-19-15-7-5-4-6-14(15)17-2/h4-9,16H,3,10-11H2,1-2H3. The van der Waals surface area contributed by atoms with Crippen LogP contribution >= 0.6 is 11.8 Å². The van der Waals surface area contributed by atoms with Gasteiger partial charge in [-0.25, -0.2) is 0 Å². The molecule has 4 heteroatoms. The molecule has 0 radical (unpaired) electrons. The summed E-state index contributed by atoms with van der Waals surface area (Å²) in [6, 6.07) is 12.1. The van der Waals surface area contributed by atoms with Gasteiger partial charge in [-0.2, -0.15) is 0 Å². The summed E-state index contributed by atoms with van der Waals surface area (Å²) in [4.78, 5) is 1.13. The zero-order chi connectivity index (χ0) is 13.5. The zero-order valence-corrected chi connectivity index (χ0v) is 12.1. The quantitative estimate of drug-likeness (QED) is 0.783. The molecular weight excluding hydrogens is 258 g/mol. The van der Waals surface area contributed by atoms with Crippen molar-refractivity contribution >= 4 is 11.8 Å². The first kappa shape index (κ1) is 14.0. The highest BCUT2D eigenvalue weighted by molar-refractivity contribution is 7.98. The molecule has 19 heavy (non-hydrogen) atoms. The zero-order valence-electron chi connectivity index (χ0n) is 11.3. The number of hydrogen-bond donors (Lipinski definition) is 1. The second-order valence-corrected chi connectivity index (χ2v) is 5.11. The van der Waals surface area contributed by atoms with Crippen LogP contribution < -0.4 is 10.1 Å². The third kappa shape index (κ3) is 4.04. The second-order valence-electron chi connectivity index (χ2n) is 4.09. The van der Waals surface area contributed by atoms with E-state index in [1.807, 2.05) is 30.3 Å². The fraction of sp³-hybridized carbons (Fsp3) is 0.333. The summed E-state index contributed by atoms with van der Waals surface area (Å²) in [7, 11) is 1.70. The van der Waals surface area contributed by atoms with Gasteiger partial charge in [0.05, 0.1) is 19.4 Å². The van der Waals surface area contributed by atoms with Gasteiger partial charge in [0.2, 0.25) is 0 Å². The first-order valence-electron chi connectivity index (χ1n) is 6.37. The van der Waals surface area contributed by atoms with Crippen molar-refractivity contribution in [2.75, 3.05) is 13.7 Å². The molecule has 0 amide bonds. The largest absolute Gasteiger partial charge is 0.496 e. The van der Waals surface area contributed by atoms with Crippen LogP contribution in [0.4, 0.5) is 0 Å². The molecule has 0 aliphatic rings. The maximum atomic E-state index is 5.76. The summed E-state index contributed by atoms with van der Waals surface area (Å²) in [5.74, 6) is 3.69. The molecule has 0 saturated heterocycles. The molecule has 1 N–H and O–H groups in total. The van der Waals surface area contributed by atoms with Gasteiger partial charge in [0.25, 0.3) is 0 Å². The third-order valence-corrected chi connectivity index (χ3v) is 3.78. The Kier molecular flexibility index (Phi) is 5.36. The predicted octanol–water partition coefficient (Wildman–Crippen LogP) is 3.69. The molecule has 0 atom stereocenters. The molecule has 2 rings (SSSR count). The minimum atomic E-state index is 0.788. The smallest absolute Gasteiger partial charge is 0.132 e. The van der Waals surface area contributed by atoms with Gasteiger partial charge in [-0.05, 0) is 30.8 Å². The van der Waals surface area contributed by atoms with Crippen molar-refractivity contribution in [2.24, 2.45) is 0 Å². The van der Waals surface area contributed by atoms with Crippen LogP contribution in [0.3, 0.4) is 0 Å². The van der Waals surface area contributed by atoms with E-state index < -0.39 is 0 Å². The maximum Gasteiger partial charge on any atom is 0.132 e. The topological polar surface area (TPSA) is 34.4 Å². The van der Waals surface area contributed by atoms with Crippen molar-refractivity contribution in [2.45, 2.75) is 24.1 Å². The number of furan rings is 1. The van der Waals surface area contributed by atoms with Gasteiger partial charge in [-0.3, -0.25) is 0 Å². The molecule has 102 valence electrons. The van der Waals surface area contributed by atoms with Crippen molar-refractivity contribution in [3.05, 3.63) is 47.9 Å². The Morgan fingerprint density at radius 3 is 2.74 bits per heavy atom. The lowest BCUT2D eigenvalue weighted by molar-refractivity contribution is 0.404. The summed E-state index contributed by atoms with van der Waals surface area (Å²) < 4.78 is 11.1.